The zero-order chi connectivity index (χ0) is 17.9. The van der Waals surface area contributed by atoms with Gasteiger partial charge in [-0.25, -0.2) is 4.39 Å². The fraction of sp³-hybridized carbons (Fsp3) is 0.625. The molecule has 0 amide bonds. The van der Waals surface area contributed by atoms with Crippen molar-refractivity contribution in [3.8, 4) is 0 Å². The summed E-state index contributed by atoms with van der Waals surface area (Å²) in [7, 11) is 0. The Morgan fingerprint density at radius 2 is 2.25 bits per heavy atom. The number of carbonyl (C=O) groups is 1. The highest BCUT2D eigenvalue weighted by Crippen LogP contribution is 2.32. The third kappa shape index (κ3) is 4.62. The predicted molar refractivity (Wildman–Crippen MR) is 86.6 cm³/mol. The van der Waals surface area contributed by atoms with E-state index in [1.165, 1.54) is 12.4 Å². The van der Waals surface area contributed by atoms with Gasteiger partial charge in [0, 0.05) is 25.2 Å². The number of hydrogen-bond acceptors (Lipinski definition) is 6. The van der Waals surface area contributed by atoms with Gasteiger partial charge in [-0.05, 0) is 33.3 Å². The van der Waals surface area contributed by atoms with Gasteiger partial charge in [-0.1, -0.05) is 0 Å². The predicted octanol–water partition coefficient (Wildman–Crippen LogP) is 2.89. The number of carbonyl (C=O) groups excluding carboxylic acids is 1. The molecule has 24 heavy (non-hydrogen) atoms. The van der Waals surface area contributed by atoms with E-state index >= 15 is 0 Å². The SMILES string of the molecule is CC(C)(C)OC(=O)C[C@@H]1CN(c2ccncc2[N+](=O)[O-])CC[C@H]1F. The molecule has 0 aromatic carbocycles. The number of hydrogen-bond donors (Lipinski definition) is 0. The Bertz CT molecular complexity index is 618. The highest BCUT2D eigenvalue weighted by Gasteiger charge is 2.34. The van der Waals surface area contributed by atoms with Crippen molar-refractivity contribution in [3.05, 3.63) is 28.6 Å². The Morgan fingerprint density at radius 1 is 1.54 bits per heavy atom. The van der Waals surface area contributed by atoms with E-state index in [0.717, 1.165) is 0 Å². The van der Waals surface area contributed by atoms with Gasteiger partial charge in [-0.2, -0.15) is 0 Å². The second kappa shape index (κ2) is 7.11. The summed E-state index contributed by atoms with van der Waals surface area (Å²) < 4.78 is 19.5. The van der Waals surface area contributed by atoms with E-state index in [-0.39, 0.29) is 25.1 Å². The number of ether oxygens (including phenoxy) is 1. The van der Waals surface area contributed by atoms with E-state index in [0.29, 0.717) is 12.2 Å². The van der Waals surface area contributed by atoms with Crippen LogP contribution in [0.1, 0.15) is 33.6 Å². The molecule has 2 rings (SSSR count). The van der Waals surface area contributed by atoms with Crippen LogP contribution in [0, 0.1) is 16.0 Å². The average molecular weight is 339 g/mol. The van der Waals surface area contributed by atoms with Crippen molar-refractivity contribution in [3.63, 3.8) is 0 Å². The molecule has 1 fully saturated rings. The molecule has 1 aromatic rings. The quantitative estimate of drug-likeness (QED) is 0.476. The molecule has 8 heteroatoms. The lowest BCUT2D eigenvalue weighted by atomic mass is 9.92. The van der Waals surface area contributed by atoms with E-state index < -0.39 is 28.6 Å². The van der Waals surface area contributed by atoms with Crippen LogP contribution in [0.3, 0.4) is 0 Å². The molecule has 132 valence electrons. The van der Waals surface area contributed by atoms with Crippen molar-refractivity contribution >= 4 is 17.3 Å². The van der Waals surface area contributed by atoms with Gasteiger partial charge >= 0.3 is 11.7 Å². The summed E-state index contributed by atoms with van der Waals surface area (Å²) in [6.45, 7) is 5.85. The first-order valence-electron chi connectivity index (χ1n) is 7.86. The van der Waals surface area contributed by atoms with E-state index in [4.69, 9.17) is 4.74 Å². The lowest BCUT2D eigenvalue weighted by Gasteiger charge is -2.36. The van der Waals surface area contributed by atoms with Crippen molar-refractivity contribution in [2.75, 3.05) is 18.0 Å². The fourth-order valence-electron chi connectivity index (χ4n) is 2.80. The zero-order valence-corrected chi connectivity index (χ0v) is 14.1. The minimum atomic E-state index is -1.13. The van der Waals surface area contributed by atoms with Gasteiger partial charge in [-0.15, -0.1) is 0 Å². The third-order valence-electron chi connectivity index (χ3n) is 3.81. The van der Waals surface area contributed by atoms with Crippen LogP contribution in [0.4, 0.5) is 15.8 Å². The van der Waals surface area contributed by atoms with Crippen LogP contribution in [0.5, 0.6) is 0 Å². The monoisotopic (exact) mass is 339 g/mol. The van der Waals surface area contributed by atoms with Crippen LogP contribution in [-0.4, -0.2) is 40.7 Å². The van der Waals surface area contributed by atoms with Crippen LogP contribution in [0.15, 0.2) is 18.5 Å². The Balaban J connectivity index is 2.11. The number of piperidine rings is 1. The Morgan fingerprint density at radius 3 is 2.88 bits per heavy atom. The number of nitro groups is 1. The number of aromatic nitrogens is 1. The number of alkyl halides is 1. The number of halogens is 1. The number of pyridine rings is 1. The van der Waals surface area contributed by atoms with Crippen molar-refractivity contribution in [1.29, 1.82) is 0 Å². The van der Waals surface area contributed by atoms with Gasteiger partial charge < -0.3 is 9.64 Å². The molecule has 0 bridgehead atoms. The average Bonchev–Trinajstić information content (AvgIpc) is 2.47. The standard InChI is InChI=1S/C16H22FN3O4/c1-16(2,3)24-15(21)8-11-10-19(7-5-12(11)17)13-4-6-18-9-14(13)20(22)23/h4,6,9,11-12H,5,7-8,10H2,1-3H3/t11-,12-/m1/s1. The highest BCUT2D eigenvalue weighted by molar-refractivity contribution is 5.70. The molecule has 0 saturated carbocycles. The first kappa shape index (κ1) is 18.1. The number of nitrogens with zero attached hydrogens (tertiary/aromatic N) is 3. The lowest BCUT2D eigenvalue weighted by molar-refractivity contribution is -0.384. The zero-order valence-electron chi connectivity index (χ0n) is 14.1. The first-order valence-corrected chi connectivity index (χ1v) is 7.86. The smallest absolute Gasteiger partial charge is 0.310 e. The second-order valence-corrected chi connectivity index (χ2v) is 6.92. The topological polar surface area (TPSA) is 85.6 Å². The maximum atomic E-state index is 14.2. The minimum absolute atomic E-state index is 0.0478. The Labute approximate surface area is 140 Å². The largest absolute Gasteiger partial charge is 0.460 e. The van der Waals surface area contributed by atoms with Gasteiger partial charge in [0.15, 0.2) is 0 Å². The van der Waals surface area contributed by atoms with Crippen molar-refractivity contribution < 1.29 is 18.8 Å². The molecule has 0 aliphatic carbocycles. The highest BCUT2D eigenvalue weighted by atomic mass is 19.1. The summed E-state index contributed by atoms with van der Waals surface area (Å²) in [6, 6.07) is 1.54. The minimum Gasteiger partial charge on any atom is -0.460 e. The maximum absolute atomic E-state index is 14.2. The molecule has 0 N–H and O–H groups in total. The molecule has 2 heterocycles. The van der Waals surface area contributed by atoms with Crippen molar-refractivity contribution in [2.24, 2.45) is 5.92 Å². The summed E-state index contributed by atoms with van der Waals surface area (Å²) in [5.74, 6) is -1.01. The van der Waals surface area contributed by atoms with E-state index in [9.17, 15) is 19.3 Å². The van der Waals surface area contributed by atoms with Gasteiger partial charge in [0.25, 0.3) is 0 Å². The number of esters is 1. The molecule has 2 atom stereocenters. The summed E-state index contributed by atoms with van der Waals surface area (Å²) >= 11 is 0. The fourth-order valence-corrected chi connectivity index (χ4v) is 2.80. The van der Waals surface area contributed by atoms with Gasteiger partial charge in [0.05, 0.1) is 11.3 Å². The van der Waals surface area contributed by atoms with Gasteiger partial charge in [0.2, 0.25) is 0 Å². The molecule has 1 saturated heterocycles. The molecule has 1 aliphatic rings. The molecule has 0 unspecified atom stereocenters. The van der Waals surface area contributed by atoms with Gasteiger partial charge in [-0.3, -0.25) is 19.9 Å². The normalized spacial score (nSPS) is 21.4. The second-order valence-electron chi connectivity index (χ2n) is 6.92. The number of anilines is 1. The van der Waals surface area contributed by atoms with Crippen LogP contribution in [0.25, 0.3) is 0 Å². The molecular formula is C16H22FN3O4. The molecule has 1 aromatic heterocycles. The first-order chi connectivity index (χ1) is 11.2. The summed E-state index contributed by atoms with van der Waals surface area (Å²) in [5.41, 5.74) is -0.344. The van der Waals surface area contributed by atoms with Crippen LogP contribution in [-0.2, 0) is 9.53 Å². The van der Waals surface area contributed by atoms with E-state index in [1.807, 2.05) is 0 Å². The van der Waals surface area contributed by atoms with Crippen LogP contribution in [0.2, 0.25) is 0 Å². The van der Waals surface area contributed by atoms with Crippen molar-refractivity contribution in [1.82, 2.24) is 4.98 Å². The van der Waals surface area contributed by atoms with E-state index in [2.05, 4.69) is 4.98 Å². The summed E-state index contributed by atoms with van der Waals surface area (Å²) in [4.78, 5) is 28.1. The van der Waals surface area contributed by atoms with Crippen LogP contribution < -0.4 is 4.90 Å². The molecule has 0 spiro atoms. The summed E-state index contributed by atoms with van der Waals surface area (Å²) in [6.07, 6.45) is 1.68. The van der Waals surface area contributed by atoms with Crippen LogP contribution >= 0.6 is 0 Å². The molecule has 1 aliphatic heterocycles. The molecular weight excluding hydrogens is 317 g/mol. The summed E-state index contributed by atoms with van der Waals surface area (Å²) in [5, 5.41) is 11.1. The Hall–Kier alpha value is -2.25. The Kier molecular flexibility index (Phi) is 5.36. The maximum Gasteiger partial charge on any atom is 0.310 e. The van der Waals surface area contributed by atoms with Crippen molar-refractivity contribution in [2.45, 2.75) is 45.4 Å². The molecule has 7 nitrogen and oxygen atoms in total. The molecule has 0 radical (unpaired) electrons. The van der Waals surface area contributed by atoms with Gasteiger partial charge in [0.1, 0.15) is 23.7 Å². The number of rotatable bonds is 4. The lowest BCUT2D eigenvalue weighted by Crippen LogP contribution is -2.43. The third-order valence-corrected chi connectivity index (χ3v) is 3.81. The van der Waals surface area contributed by atoms with E-state index in [1.54, 1.807) is 31.7 Å².